The van der Waals surface area contributed by atoms with Gasteiger partial charge in [-0.2, -0.15) is 4.31 Å². The van der Waals surface area contributed by atoms with Crippen LogP contribution in [0.25, 0.3) is 6.08 Å². The Hall–Kier alpha value is -3.04. The first-order valence-electron chi connectivity index (χ1n) is 10.3. The predicted octanol–water partition coefficient (Wildman–Crippen LogP) is 4.55. The number of para-hydroxylation sites is 1. The van der Waals surface area contributed by atoms with Crippen LogP contribution in [0.3, 0.4) is 0 Å². The molecule has 0 bridgehead atoms. The maximum atomic E-state index is 13.1. The Labute approximate surface area is 189 Å². The van der Waals surface area contributed by atoms with E-state index in [0.717, 1.165) is 0 Å². The van der Waals surface area contributed by atoms with Gasteiger partial charge in [0.05, 0.1) is 15.4 Å². The van der Waals surface area contributed by atoms with Gasteiger partial charge in [-0.15, -0.1) is 0 Å². The van der Waals surface area contributed by atoms with Gasteiger partial charge < -0.3 is 5.32 Å². The molecule has 0 atom stereocenters. The predicted molar refractivity (Wildman–Crippen MR) is 126 cm³/mol. The normalized spacial score (nSPS) is 12.1. The van der Waals surface area contributed by atoms with Crippen molar-refractivity contribution >= 4 is 33.4 Å². The Morgan fingerprint density at radius 3 is 2.12 bits per heavy atom. The molecule has 0 heterocycles. The highest BCUT2D eigenvalue weighted by Gasteiger charge is 2.25. The van der Waals surface area contributed by atoms with Crippen molar-refractivity contribution in [1.82, 2.24) is 4.31 Å². The molecule has 0 fully saturated rings. The number of hydrogen-bond acceptors (Lipinski definition) is 5. The molecule has 1 amide bonds. The molecule has 0 saturated heterocycles. The Morgan fingerprint density at radius 1 is 1.03 bits per heavy atom. The molecule has 2 aromatic rings. The minimum atomic E-state index is -3.65. The van der Waals surface area contributed by atoms with Crippen molar-refractivity contribution in [3.63, 3.8) is 0 Å². The number of nitrogens with zero attached hydrogens (tertiary/aromatic N) is 2. The summed E-state index contributed by atoms with van der Waals surface area (Å²) in [6, 6.07) is 12.1. The lowest BCUT2D eigenvalue weighted by Gasteiger charge is -2.25. The number of nitro benzene ring substituents is 1. The van der Waals surface area contributed by atoms with E-state index in [0.29, 0.717) is 24.3 Å². The smallest absolute Gasteiger partial charge is 0.276 e. The molecule has 0 aliphatic rings. The first kappa shape index (κ1) is 25.2. The quantitative estimate of drug-likeness (QED) is 0.318. The highest BCUT2D eigenvalue weighted by atomic mass is 32.2. The summed E-state index contributed by atoms with van der Waals surface area (Å²) in [5.74, 6) is -0.108. The van der Waals surface area contributed by atoms with Crippen molar-refractivity contribution in [2.45, 2.75) is 32.6 Å². The third-order valence-corrected chi connectivity index (χ3v) is 6.29. The summed E-state index contributed by atoms with van der Waals surface area (Å²) in [6.07, 6.45) is 2.56. The fraction of sp³-hybridized carbons (Fsp3) is 0.348. The molecule has 0 aliphatic heterocycles. The van der Waals surface area contributed by atoms with Gasteiger partial charge in [0.15, 0.2) is 0 Å². The molecular weight excluding hydrogens is 430 g/mol. The van der Waals surface area contributed by atoms with E-state index in [1.54, 1.807) is 18.2 Å². The number of sulfonamides is 1. The highest BCUT2D eigenvalue weighted by Crippen LogP contribution is 2.22. The van der Waals surface area contributed by atoms with Crippen LogP contribution in [0.15, 0.2) is 59.5 Å². The SMILES string of the molecule is CC(C)CN(CC(C)C)S(=O)(=O)c1ccc(NC(=O)/C=C/c2ccccc2[N+](=O)[O-])cc1. The van der Waals surface area contributed by atoms with Gasteiger partial charge in [-0.25, -0.2) is 8.42 Å². The van der Waals surface area contributed by atoms with Gasteiger partial charge >= 0.3 is 0 Å². The van der Waals surface area contributed by atoms with Gasteiger partial charge in [0, 0.05) is 30.9 Å². The van der Waals surface area contributed by atoms with Gasteiger partial charge in [-0.05, 0) is 48.2 Å². The van der Waals surface area contributed by atoms with Crippen LogP contribution in [-0.4, -0.2) is 36.6 Å². The molecule has 0 unspecified atom stereocenters. The van der Waals surface area contributed by atoms with E-state index in [-0.39, 0.29) is 22.4 Å². The first-order chi connectivity index (χ1) is 15.0. The van der Waals surface area contributed by atoms with Crippen molar-refractivity contribution in [2.24, 2.45) is 11.8 Å². The molecular formula is C23H29N3O5S. The zero-order valence-corrected chi connectivity index (χ0v) is 19.5. The number of rotatable bonds is 10. The number of carbonyl (C=O) groups excluding carboxylic acids is 1. The van der Waals surface area contributed by atoms with Gasteiger partial charge in [-0.3, -0.25) is 14.9 Å². The second kappa shape index (κ2) is 11.0. The maximum Gasteiger partial charge on any atom is 0.276 e. The summed E-state index contributed by atoms with van der Waals surface area (Å²) in [6.45, 7) is 8.74. The summed E-state index contributed by atoms with van der Waals surface area (Å²) < 4.78 is 27.6. The van der Waals surface area contributed by atoms with Crippen LogP contribution in [0, 0.1) is 22.0 Å². The van der Waals surface area contributed by atoms with E-state index in [4.69, 9.17) is 0 Å². The standard InChI is InChI=1S/C23H29N3O5S/c1-17(2)15-25(16-18(3)4)32(30,31)21-12-10-20(11-13-21)24-23(27)14-9-19-7-5-6-8-22(19)26(28)29/h5-14,17-18H,15-16H2,1-4H3,(H,24,27)/b14-9+. The molecule has 9 heteroatoms. The molecule has 0 aromatic heterocycles. The van der Waals surface area contributed by atoms with Gasteiger partial charge in [0.1, 0.15) is 0 Å². The number of hydrogen-bond donors (Lipinski definition) is 1. The van der Waals surface area contributed by atoms with Crippen LogP contribution >= 0.6 is 0 Å². The van der Waals surface area contributed by atoms with Gasteiger partial charge in [0.25, 0.3) is 5.69 Å². The van der Waals surface area contributed by atoms with Gasteiger partial charge in [-0.1, -0.05) is 39.8 Å². The van der Waals surface area contributed by atoms with E-state index in [1.807, 2.05) is 27.7 Å². The Kier molecular flexibility index (Phi) is 8.68. The van der Waals surface area contributed by atoms with Crippen LogP contribution < -0.4 is 5.32 Å². The molecule has 0 aliphatic carbocycles. The van der Waals surface area contributed by atoms with E-state index >= 15 is 0 Å². The second-order valence-corrected chi connectivity index (χ2v) is 10.2. The molecule has 2 aromatic carbocycles. The van der Waals surface area contributed by atoms with E-state index in [2.05, 4.69) is 5.32 Å². The minimum Gasteiger partial charge on any atom is -0.323 e. The van der Waals surface area contributed by atoms with Crippen LogP contribution in [-0.2, 0) is 14.8 Å². The average molecular weight is 460 g/mol. The molecule has 0 spiro atoms. The van der Waals surface area contributed by atoms with Crippen LogP contribution in [0.4, 0.5) is 11.4 Å². The second-order valence-electron chi connectivity index (χ2n) is 8.27. The molecule has 0 saturated carbocycles. The highest BCUT2D eigenvalue weighted by molar-refractivity contribution is 7.89. The summed E-state index contributed by atoms with van der Waals surface area (Å²) in [7, 11) is -3.65. The third-order valence-electron chi connectivity index (χ3n) is 4.44. The maximum absolute atomic E-state index is 13.1. The molecule has 8 nitrogen and oxygen atoms in total. The third kappa shape index (κ3) is 7.00. The fourth-order valence-electron chi connectivity index (χ4n) is 3.09. The number of benzene rings is 2. The topological polar surface area (TPSA) is 110 Å². The Morgan fingerprint density at radius 2 is 1.59 bits per heavy atom. The molecule has 172 valence electrons. The molecule has 2 rings (SSSR count). The van der Waals surface area contributed by atoms with Crippen LogP contribution in [0.2, 0.25) is 0 Å². The Balaban J connectivity index is 2.13. The number of carbonyl (C=O) groups is 1. The Bertz CT molecular complexity index is 1070. The van der Waals surface area contributed by atoms with Crippen LogP contribution in [0.5, 0.6) is 0 Å². The molecule has 32 heavy (non-hydrogen) atoms. The van der Waals surface area contributed by atoms with E-state index < -0.39 is 20.9 Å². The lowest BCUT2D eigenvalue weighted by molar-refractivity contribution is -0.385. The average Bonchev–Trinajstić information content (AvgIpc) is 2.71. The summed E-state index contributed by atoms with van der Waals surface area (Å²) in [4.78, 5) is 22.9. The molecule has 0 radical (unpaired) electrons. The largest absolute Gasteiger partial charge is 0.323 e. The van der Waals surface area contributed by atoms with Crippen molar-refractivity contribution in [1.29, 1.82) is 0 Å². The van der Waals surface area contributed by atoms with Crippen molar-refractivity contribution in [3.05, 3.63) is 70.3 Å². The lowest BCUT2D eigenvalue weighted by Crippen LogP contribution is -2.37. The zero-order valence-electron chi connectivity index (χ0n) is 18.7. The zero-order chi connectivity index (χ0) is 23.9. The number of anilines is 1. The van der Waals surface area contributed by atoms with Crippen molar-refractivity contribution in [2.75, 3.05) is 18.4 Å². The monoisotopic (exact) mass is 459 g/mol. The lowest BCUT2D eigenvalue weighted by atomic mass is 10.1. The van der Waals surface area contributed by atoms with Crippen LogP contribution in [0.1, 0.15) is 33.3 Å². The van der Waals surface area contributed by atoms with Gasteiger partial charge in [0.2, 0.25) is 15.9 Å². The summed E-state index contributed by atoms with van der Waals surface area (Å²) >= 11 is 0. The van der Waals surface area contributed by atoms with E-state index in [9.17, 15) is 23.3 Å². The van der Waals surface area contributed by atoms with Crippen molar-refractivity contribution in [3.8, 4) is 0 Å². The fourth-order valence-corrected chi connectivity index (χ4v) is 4.86. The van der Waals surface area contributed by atoms with Crippen molar-refractivity contribution < 1.29 is 18.1 Å². The number of nitrogens with one attached hydrogen (secondary N) is 1. The number of amides is 1. The first-order valence-corrected chi connectivity index (χ1v) is 11.8. The number of nitro groups is 1. The summed E-state index contributed by atoms with van der Waals surface area (Å²) in [5.41, 5.74) is 0.628. The van der Waals surface area contributed by atoms with E-state index in [1.165, 1.54) is 46.8 Å². The molecule has 1 N–H and O–H groups in total. The summed E-state index contributed by atoms with van der Waals surface area (Å²) in [5, 5.41) is 13.7. The minimum absolute atomic E-state index is 0.0986.